The van der Waals surface area contributed by atoms with E-state index in [0.29, 0.717) is 37.1 Å². The Morgan fingerprint density at radius 1 is 1.07 bits per heavy atom. The zero-order chi connectivity index (χ0) is 28.2. The van der Waals surface area contributed by atoms with Crippen LogP contribution in [0.2, 0.25) is 0 Å². The van der Waals surface area contributed by atoms with Crippen LogP contribution in [-0.2, 0) is 4.79 Å². The topological polar surface area (TPSA) is 110 Å². The van der Waals surface area contributed by atoms with Crippen LogP contribution in [0.15, 0.2) is 59.8 Å². The van der Waals surface area contributed by atoms with Crippen molar-refractivity contribution in [2.24, 2.45) is 0 Å². The van der Waals surface area contributed by atoms with Crippen LogP contribution >= 0.6 is 11.8 Å². The molecule has 0 saturated carbocycles. The molecule has 1 aromatic carbocycles. The van der Waals surface area contributed by atoms with Crippen LogP contribution in [0.3, 0.4) is 0 Å². The number of aliphatic hydroxyl groups is 1. The number of thioether (sulfide) groups is 1. The number of carbonyl (C=O) groups is 1. The Balaban J connectivity index is 1.34. The van der Waals surface area contributed by atoms with Gasteiger partial charge < -0.3 is 15.7 Å². The minimum atomic E-state index is -4.99. The number of benzene rings is 1. The van der Waals surface area contributed by atoms with E-state index in [2.05, 4.69) is 10.1 Å². The molecular weight excluding hydrogens is 541 g/mol. The van der Waals surface area contributed by atoms with Crippen molar-refractivity contribution >= 4 is 29.1 Å². The summed E-state index contributed by atoms with van der Waals surface area (Å²) in [5, 5.41) is 14.1. The molecule has 2 bridgehead atoms. The van der Waals surface area contributed by atoms with Gasteiger partial charge in [0.05, 0.1) is 22.5 Å². The highest BCUT2D eigenvalue weighted by Gasteiger charge is 2.52. The lowest BCUT2D eigenvalue weighted by molar-refractivity contribution is -0.212. The number of nitrogen functional groups attached to an aromatic ring is 1. The average molecular weight is 569 g/mol. The normalized spacial score (nSPS) is 21.6. The lowest BCUT2D eigenvalue weighted by Gasteiger charge is -2.40. The summed E-state index contributed by atoms with van der Waals surface area (Å²) in [6, 6.07) is 12.9. The second kappa shape index (κ2) is 10.1. The number of amides is 1. The zero-order valence-electron chi connectivity index (χ0n) is 21.5. The number of aromatic nitrogens is 4. The van der Waals surface area contributed by atoms with E-state index in [1.54, 1.807) is 16.9 Å². The molecule has 0 spiro atoms. The van der Waals surface area contributed by atoms with Gasteiger partial charge in [-0.15, -0.1) is 11.8 Å². The van der Waals surface area contributed by atoms with Crippen LogP contribution in [-0.4, -0.2) is 66.1 Å². The minimum absolute atomic E-state index is 0.110. The predicted octanol–water partition coefficient (Wildman–Crippen LogP) is 4.92. The van der Waals surface area contributed by atoms with Gasteiger partial charge in [-0.3, -0.25) is 9.78 Å². The third-order valence-electron chi connectivity index (χ3n) is 7.93. The highest BCUT2D eigenvalue weighted by atomic mass is 32.2. The van der Waals surface area contributed by atoms with Crippen molar-refractivity contribution in [1.82, 2.24) is 24.5 Å². The Morgan fingerprint density at radius 2 is 1.77 bits per heavy atom. The molecule has 5 heterocycles. The summed E-state index contributed by atoms with van der Waals surface area (Å²) in [6.45, 7) is 0. The predicted molar refractivity (Wildman–Crippen MR) is 146 cm³/mol. The first-order valence-electron chi connectivity index (χ1n) is 13.0. The Morgan fingerprint density at radius 3 is 2.38 bits per heavy atom. The van der Waals surface area contributed by atoms with Gasteiger partial charge in [0.25, 0.3) is 5.91 Å². The number of hydrogen-bond donors (Lipinski definition) is 2. The van der Waals surface area contributed by atoms with Gasteiger partial charge in [0.15, 0.2) is 5.65 Å². The van der Waals surface area contributed by atoms with Crippen LogP contribution in [0.1, 0.15) is 37.3 Å². The number of nitrogens with zero attached hydrogens (tertiary/aromatic N) is 5. The standard InChI is InChI=1S/C28H27F3N6O2S/c1-40-23-22(17-11-18-8-9-19(12-17)36(18)27(39)24(38)28(29,30)31)35-26-20(14-34-37(26)25(23)32)16-7-10-21(33-13-16)15-5-3-2-4-6-15/h2-7,10,13-14,17-19,24,38H,8-9,11-12,32H2,1H3/t17?,18-,19?,24?/m0/s1. The molecule has 2 fully saturated rings. The number of pyridine rings is 1. The van der Waals surface area contributed by atoms with E-state index in [4.69, 9.17) is 10.7 Å². The monoisotopic (exact) mass is 568 g/mol. The molecule has 1 amide bonds. The molecule has 3 unspecified atom stereocenters. The lowest BCUT2D eigenvalue weighted by Crippen LogP contribution is -2.53. The Kier molecular flexibility index (Phi) is 6.70. The summed E-state index contributed by atoms with van der Waals surface area (Å²) in [7, 11) is 0. The third-order valence-corrected chi connectivity index (χ3v) is 8.76. The van der Waals surface area contributed by atoms with E-state index >= 15 is 0 Å². The molecule has 12 heteroatoms. The van der Waals surface area contributed by atoms with Crippen LogP contribution in [0.25, 0.3) is 28.0 Å². The summed E-state index contributed by atoms with van der Waals surface area (Å²) >= 11 is 1.44. The van der Waals surface area contributed by atoms with Crippen LogP contribution in [0.5, 0.6) is 0 Å². The first kappa shape index (κ1) is 26.6. The number of piperidine rings is 1. The van der Waals surface area contributed by atoms with E-state index in [0.717, 1.165) is 33.0 Å². The number of anilines is 1. The quantitative estimate of drug-likeness (QED) is 0.329. The number of aliphatic hydroxyl groups excluding tert-OH is 1. The molecule has 6 rings (SSSR count). The van der Waals surface area contributed by atoms with Gasteiger partial charge in [0.2, 0.25) is 6.10 Å². The Bertz CT molecular complexity index is 1550. The van der Waals surface area contributed by atoms with Crippen molar-refractivity contribution in [2.45, 2.75) is 60.9 Å². The van der Waals surface area contributed by atoms with Crippen molar-refractivity contribution in [3.63, 3.8) is 0 Å². The number of halogens is 3. The fourth-order valence-corrected chi connectivity index (χ4v) is 6.80. The SMILES string of the molecule is CSc1c(C2CC3CC[C@@H](C2)N3C(=O)C(O)C(F)(F)F)nc2c(-c3ccc(-c4ccccc4)nc3)cnn2c1N. The molecule has 4 atom stereocenters. The van der Waals surface area contributed by atoms with E-state index < -0.39 is 30.3 Å². The van der Waals surface area contributed by atoms with E-state index in [1.165, 1.54) is 16.7 Å². The summed E-state index contributed by atoms with van der Waals surface area (Å²) in [4.78, 5) is 24.2. The number of carbonyl (C=O) groups excluding carboxylic acids is 1. The third kappa shape index (κ3) is 4.48. The molecule has 3 aromatic heterocycles. The van der Waals surface area contributed by atoms with E-state index in [1.807, 2.05) is 48.7 Å². The molecule has 208 valence electrons. The summed E-state index contributed by atoms with van der Waals surface area (Å²) in [5.74, 6) is -0.942. The van der Waals surface area contributed by atoms with Crippen molar-refractivity contribution < 1.29 is 23.1 Å². The highest BCUT2D eigenvalue weighted by molar-refractivity contribution is 7.98. The summed E-state index contributed by atoms with van der Waals surface area (Å²) in [6.07, 6.45) is -0.568. The summed E-state index contributed by atoms with van der Waals surface area (Å²) in [5.41, 5.74) is 11.3. The molecule has 40 heavy (non-hydrogen) atoms. The van der Waals surface area contributed by atoms with Gasteiger partial charge in [-0.2, -0.15) is 22.8 Å². The van der Waals surface area contributed by atoms with Gasteiger partial charge in [-0.25, -0.2) is 4.98 Å². The van der Waals surface area contributed by atoms with Crippen molar-refractivity contribution in [3.8, 4) is 22.4 Å². The molecule has 2 aliphatic rings. The average Bonchev–Trinajstić information content (AvgIpc) is 3.50. The number of nitrogens with two attached hydrogens (primary N) is 1. The van der Waals surface area contributed by atoms with Crippen molar-refractivity contribution in [2.75, 3.05) is 12.0 Å². The van der Waals surface area contributed by atoms with Crippen molar-refractivity contribution in [1.29, 1.82) is 0 Å². The van der Waals surface area contributed by atoms with Gasteiger partial charge in [0, 0.05) is 40.9 Å². The van der Waals surface area contributed by atoms with Crippen molar-refractivity contribution in [3.05, 3.63) is 60.6 Å². The van der Waals surface area contributed by atoms with Gasteiger partial charge >= 0.3 is 6.18 Å². The Hall–Kier alpha value is -3.64. The fourth-order valence-electron chi connectivity index (χ4n) is 6.08. The molecule has 0 radical (unpaired) electrons. The van der Waals surface area contributed by atoms with Crippen LogP contribution in [0, 0.1) is 0 Å². The zero-order valence-corrected chi connectivity index (χ0v) is 22.4. The molecule has 3 N–H and O–H groups in total. The summed E-state index contributed by atoms with van der Waals surface area (Å²) < 4.78 is 40.8. The number of hydrogen-bond acceptors (Lipinski definition) is 7. The first-order chi connectivity index (χ1) is 19.2. The number of alkyl halides is 3. The highest BCUT2D eigenvalue weighted by Crippen LogP contribution is 2.46. The maximum Gasteiger partial charge on any atom is 0.423 e. The molecule has 2 saturated heterocycles. The lowest BCUT2D eigenvalue weighted by atomic mass is 9.87. The van der Waals surface area contributed by atoms with E-state index in [-0.39, 0.29) is 5.92 Å². The Labute approximate surface area is 232 Å². The maximum absolute atomic E-state index is 13.1. The second-order valence-corrected chi connectivity index (χ2v) is 11.1. The first-order valence-corrected chi connectivity index (χ1v) is 14.2. The maximum atomic E-state index is 13.1. The number of rotatable bonds is 5. The minimum Gasteiger partial charge on any atom is -0.383 e. The fraction of sp³-hybridized carbons (Fsp3) is 0.357. The molecular formula is C28H27F3N6O2S. The van der Waals surface area contributed by atoms with Gasteiger partial charge in [-0.05, 0) is 38.0 Å². The molecule has 8 nitrogen and oxygen atoms in total. The van der Waals surface area contributed by atoms with Gasteiger partial charge in [0.1, 0.15) is 5.82 Å². The second-order valence-electron chi connectivity index (χ2n) is 10.3. The smallest absolute Gasteiger partial charge is 0.383 e. The molecule has 0 aliphatic carbocycles. The molecule has 4 aromatic rings. The van der Waals surface area contributed by atoms with Crippen LogP contribution < -0.4 is 5.73 Å². The van der Waals surface area contributed by atoms with Crippen LogP contribution in [0.4, 0.5) is 19.0 Å². The largest absolute Gasteiger partial charge is 0.423 e. The van der Waals surface area contributed by atoms with E-state index in [9.17, 15) is 23.1 Å². The van der Waals surface area contributed by atoms with Gasteiger partial charge in [-0.1, -0.05) is 36.4 Å². The number of fused-ring (bicyclic) bond motifs is 3. The molecule has 2 aliphatic heterocycles.